The quantitative estimate of drug-likeness (QED) is 0.671. The van der Waals surface area contributed by atoms with Crippen molar-refractivity contribution in [3.05, 3.63) is 0 Å². The Morgan fingerprint density at radius 2 is 1.60 bits per heavy atom. The van der Waals surface area contributed by atoms with Crippen LogP contribution in [0.1, 0.15) is 54.4 Å². The first-order chi connectivity index (χ1) is 6.74. The van der Waals surface area contributed by atoms with Crippen molar-refractivity contribution in [2.24, 2.45) is 16.7 Å². The van der Waals surface area contributed by atoms with E-state index in [0.717, 1.165) is 5.92 Å². The van der Waals surface area contributed by atoms with E-state index in [2.05, 4.69) is 46.4 Å². The molecule has 0 unspecified atom stereocenters. The summed E-state index contributed by atoms with van der Waals surface area (Å²) in [5.41, 5.74) is 0.997. The van der Waals surface area contributed by atoms with E-state index < -0.39 is 0 Å². The van der Waals surface area contributed by atoms with Crippen LogP contribution in [0.5, 0.6) is 0 Å². The smallest absolute Gasteiger partial charge is 0.000439 e. The molecule has 0 N–H and O–H groups in total. The van der Waals surface area contributed by atoms with E-state index in [4.69, 9.17) is 0 Å². The summed E-state index contributed by atoms with van der Waals surface area (Å²) in [5, 5.41) is 0. The Bertz CT molecular complexity index is 192. The fourth-order valence-electron chi connectivity index (χ4n) is 2.50. The topological polar surface area (TPSA) is 3.24 Å². The highest BCUT2D eigenvalue weighted by Crippen LogP contribution is 2.46. The lowest BCUT2D eigenvalue weighted by atomic mass is 9.63. The number of nitrogens with zero attached hydrogens (tertiary/aromatic N) is 1. The van der Waals surface area contributed by atoms with Crippen LogP contribution in [-0.4, -0.2) is 24.5 Å². The van der Waals surface area contributed by atoms with Gasteiger partial charge in [0.15, 0.2) is 0 Å². The number of piperidine rings is 1. The predicted molar refractivity (Wildman–Crippen MR) is 68.1 cm³/mol. The molecule has 0 aliphatic carbocycles. The van der Waals surface area contributed by atoms with Crippen LogP contribution in [0.15, 0.2) is 0 Å². The van der Waals surface area contributed by atoms with Gasteiger partial charge in [-0.25, -0.2) is 0 Å². The van der Waals surface area contributed by atoms with E-state index in [1.165, 1.54) is 32.5 Å². The van der Waals surface area contributed by atoms with E-state index in [1.54, 1.807) is 0 Å². The molecule has 0 spiro atoms. The number of likely N-dealkylation sites (tertiary alicyclic amines) is 1. The van der Waals surface area contributed by atoms with Gasteiger partial charge >= 0.3 is 0 Å². The standard InChI is InChI=1S/C14H29N/c1-12(2)11-15-9-7-14(6,8-10-15)13(3,4)5/h12H,7-11H2,1-6H3. The molecule has 0 radical (unpaired) electrons. The van der Waals surface area contributed by atoms with Gasteiger partial charge in [-0.15, -0.1) is 0 Å². The Kier molecular flexibility index (Phi) is 3.86. The highest BCUT2D eigenvalue weighted by molar-refractivity contribution is 4.91. The van der Waals surface area contributed by atoms with Crippen LogP contribution < -0.4 is 0 Å². The van der Waals surface area contributed by atoms with E-state index in [0.29, 0.717) is 10.8 Å². The largest absolute Gasteiger partial charge is 0.303 e. The summed E-state index contributed by atoms with van der Waals surface area (Å²) in [6.45, 7) is 18.2. The van der Waals surface area contributed by atoms with Gasteiger partial charge in [0.2, 0.25) is 0 Å². The maximum Gasteiger partial charge on any atom is 0.000439 e. The molecular formula is C14H29N. The molecule has 1 saturated heterocycles. The maximum absolute atomic E-state index is 2.64. The lowest BCUT2D eigenvalue weighted by Crippen LogP contribution is -2.45. The van der Waals surface area contributed by atoms with Crippen LogP contribution in [0.3, 0.4) is 0 Å². The molecule has 0 aromatic carbocycles. The second-order valence-electron chi connectivity index (χ2n) is 7.01. The van der Waals surface area contributed by atoms with Gasteiger partial charge in [0.1, 0.15) is 0 Å². The highest BCUT2D eigenvalue weighted by atomic mass is 15.1. The summed E-state index contributed by atoms with van der Waals surface area (Å²) in [6, 6.07) is 0. The van der Waals surface area contributed by atoms with Crippen molar-refractivity contribution >= 4 is 0 Å². The van der Waals surface area contributed by atoms with Crippen LogP contribution in [0, 0.1) is 16.7 Å². The number of hydrogen-bond donors (Lipinski definition) is 0. The zero-order valence-corrected chi connectivity index (χ0v) is 11.6. The zero-order chi connectivity index (χ0) is 11.7. The van der Waals surface area contributed by atoms with Crippen molar-refractivity contribution in [3.63, 3.8) is 0 Å². The highest BCUT2D eigenvalue weighted by Gasteiger charge is 2.39. The minimum Gasteiger partial charge on any atom is -0.303 e. The molecule has 15 heavy (non-hydrogen) atoms. The summed E-state index contributed by atoms with van der Waals surface area (Å²) < 4.78 is 0. The third-order valence-electron chi connectivity index (χ3n) is 4.39. The second-order valence-corrected chi connectivity index (χ2v) is 7.01. The Balaban J connectivity index is 2.48. The van der Waals surface area contributed by atoms with Crippen molar-refractivity contribution in [1.82, 2.24) is 4.90 Å². The monoisotopic (exact) mass is 211 g/mol. The lowest BCUT2D eigenvalue weighted by Gasteiger charge is -2.48. The minimum absolute atomic E-state index is 0.455. The molecule has 1 heterocycles. The van der Waals surface area contributed by atoms with Crippen LogP contribution in [0.2, 0.25) is 0 Å². The Morgan fingerprint density at radius 1 is 1.13 bits per heavy atom. The predicted octanol–water partition coefficient (Wildman–Crippen LogP) is 3.79. The van der Waals surface area contributed by atoms with E-state index in [9.17, 15) is 0 Å². The number of hydrogen-bond acceptors (Lipinski definition) is 1. The normalized spacial score (nSPS) is 23.4. The Morgan fingerprint density at radius 3 is 1.93 bits per heavy atom. The average Bonchev–Trinajstić information content (AvgIpc) is 2.06. The summed E-state index contributed by atoms with van der Waals surface area (Å²) >= 11 is 0. The molecule has 1 aliphatic rings. The van der Waals surface area contributed by atoms with Gasteiger partial charge in [0.05, 0.1) is 0 Å². The molecule has 1 nitrogen and oxygen atoms in total. The third kappa shape index (κ3) is 3.21. The molecule has 1 rings (SSSR count). The van der Waals surface area contributed by atoms with Gasteiger partial charge < -0.3 is 4.90 Å². The first kappa shape index (κ1) is 13.0. The van der Waals surface area contributed by atoms with Gasteiger partial charge in [-0.1, -0.05) is 41.5 Å². The van der Waals surface area contributed by atoms with E-state index in [1.807, 2.05) is 0 Å². The summed E-state index contributed by atoms with van der Waals surface area (Å²) in [6.07, 6.45) is 2.73. The van der Waals surface area contributed by atoms with Gasteiger partial charge in [-0.3, -0.25) is 0 Å². The van der Waals surface area contributed by atoms with Crippen LogP contribution in [0.25, 0.3) is 0 Å². The van der Waals surface area contributed by atoms with E-state index in [-0.39, 0.29) is 0 Å². The molecule has 1 fully saturated rings. The summed E-state index contributed by atoms with van der Waals surface area (Å²) in [7, 11) is 0. The van der Waals surface area contributed by atoms with Crippen LogP contribution in [-0.2, 0) is 0 Å². The second kappa shape index (κ2) is 4.45. The summed E-state index contributed by atoms with van der Waals surface area (Å²) in [4.78, 5) is 2.64. The van der Waals surface area contributed by atoms with Gasteiger partial charge in [0, 0.05) is 6.54 Å². The molecule has 0 atom stereocenters. The first-order valence-corrected chi connectivity index (χ1v) is 6.47. The van der Waals surface area contributed by atoms with Crippen LogP contribution >= 0.6 is 0 Å². The molecule has 1 heteroatoms. The van der Waals surface area contributed by atoms with Crippen molar-refractivity contribution < 1.29 is 0 Å². The molecule has 0 bridgehead atoms. The molecule has 90 valence electrons. The molecule has 0 aromatic rings. The van der Waals surface area contributed by atoms with Crippen molar-refractivity contribution in [3.8, 4) is 0 Å². The van der Waals surface area contributed by atoms with Crippen LogP contribution in [0.4, 0.5) is 0 Å². The minimum atomic E-state index is 0.455. The Labute approximate surface area is 96.2 Å². The zero-order valence-electron chi connectivity index (χ0n) is 11.6. The van der Waals surface area contributed by atoms with Crippen molar-refractivity contribution in [1.29, 1.82) is 0 Å². The SMILES string of the molecule is CC(C)CN1CCC(C)(C(C)(C)C)CC1. The fraction of sp³-hybridized carbons (Fsp3) is 1.00. The van der Waals surface area contributed by atoms with E-state index >= 15 is 0 Å². The molecular weight excluding hydrogens is 182 g/mol. The van der Waals surface area contributed by atoms with Gasteiger partial charge in [0.25, 0.3) is 0 Å². The average molecular weight is 211 g/mol. The molecule has 1 aliphatic heterocycles. The van der Waals surface area contributed by atoms with Crippen molar-refractivity contribution in [2.75, 3.05) is 19.6 Å². The van der Waals surface area contributed by atoms with Gasteiger partial charge in [-0.05, 0) is 42.7 Å². The molecule has 0 aromatic heterocycles. The maximum atomic E-state index is 2.64. The fourth-order valence-corrected chi connectivity index (χ4v) is 2.50. The third-order valence-corrected chi connectivity index (χ3v) is 4.39. The molecule has 0 saturated carbocycles. The lowest BCUT2D eigenvalue weighted by molar-refractivity contribution is 0.0190. The number of rotatable bonds is 2. The van der Waals surface area contributed by atoms with Gasteiger partial charge in [-0.2, -0.15) is 0 Å². The summed E-state index contributed by atoms with van der Waals surface area (Å²) in [5.74, 6) is 0.809. The Hall–Kier alpha value is -0.0400. The van der Waals surface area contributed by atoms with Crippen molar-refractivity contribution in [2.45, 2.75) is 54.4 Å². The molecule has 0 amide bonds. The first-order valence-electron chi connectivity index (χ1n) is 6.47.